The molecule has 24 heavy (non-hydrogen) atoms. The molecular weight excluding hydrogens is 300 g/mol. The monoisotopic (exact) mass is 334 g/mol. The Balaban J connectivity index is 1.65. The third-order valence-electron chi connectivity index (χ3n) is 9.14. The van der Waals surface area contributed by atoms with E-state index < -0.39 is 0 Å². The second-order valence-electron chi connectivity index (χ2n) is 10.0. The molecule has 9 atom stereocenters. The minimum atomic E-state index is -0.273. The van der Waals surface area contributed by atoms with Gasteiger partial charge < -0.3 is 10.2 Å². The maximum atomic E-state index is 12.2. The van der Waals surface area contributed by atoms with Gasteiger partial charge in [0.1, 0.15) is 5.78 Å². The van der Waals surface area contributed by atoms with Crippen molar-refractivity contribution in [3.05, 3.63) is 0 Å². The Hall–Kier alpha value is -0.410. The normalized spacial score (nSPS) is 57.0. The van der Waals surface area contributed by atoms with Gasteiger partial charge in [0.25, 0.3) is 0 Å². The van der Waals surface area contributed by atoms with Crippen LogP contribution < -0.4 is 0 Å². The number of aliphatic hydroxyl groups is 2. The van der Waals surface area contributed by atoms with E-state index in [1.807, 2.05) is 0 Å². The van der Waals surface area contributed by atoms with Crippen LogP contribution >= 0.6 is 0 Å². The molecule has 0 radical (unpaired) electrons. The van der Waals surface area contributed by atoms with Crippen molar-refractivity contribution in [1.82, 2.24) is 0 Å². The van der Waals surface area contributed by atoms with Crippen molar-refractivity contribution in [3.8, 4) is 0 Å². The van der Waals surface area contributed by atoms with Crippen molar-refractivity contribution in [3.63, 3.8) is 0 Å². The Labute approximate surface area is 146 Å². The maximum Gasteiger partial charge on any atom is 0.133 e. The van der Waals surface area contributed by atoms with Gasteiger partial charge in [0.15, 0.2) is 0 Å². The number of Topliss-reactive ketones (excluding diaryl/α,β-unsaturated/α-hetero) is 1. The van der Waals surface area contributed by atoms with Crippen LogP contribution in [0.1, 0.15) is 72.1 Å². The van der Waals surface area contributed by atoms with Crippen LogP contribution in [0.2, 0.25) is 0 Å². The summed E-state index contributed by atoms with van der Waals surface area (Å²) in [6.07, 6.45) is 7.70. The van der Waals surface area contributed by atoms with Gasteiger partial charge in [-0.2, -0.15) is 0 Å². The molecule has 0 unspecified atom stereocenters. The summed E-state index contributed by atoms with van der Waals surface area (Å²) in [6, 6.07) is 0. The topological polar surface area (TPSA) is 57.5 Å². The fourth-order valence-electron chi connectivity index (χ4n) is 7.95. The van der Waals surface area contributed by atoms with E-state index in [4.69, 9.17) is 0 Å². The minimum absolute atomic E-state index is 0.157. The van der Waals surface area contributed by atoms with Gasteiger partial charge in [0.2, 0.25) is 0 Å². The van der Waals surface area contributed by atoms with Gasteiger partial charge in [-0.3, -0.25) is 4.79 Å². The average molecular weight is 335 g/mol. The molecule has 4 aliphatic rings. The SMILES string of the molecule is CC(=O)[C@H]1CC[C@H]2[C@@H]3C[C@@H](O)[C@H]4C[C@@H](O)CC[C@]4(C)[C@H]3CC[C@]12C. The Morgan fingerprint density at radius 3 is 2.25 bits per heavy atom. The number of carbonyl (C=O) groups excluding carboxylic acids is 1. The Morgan fingerprint density at radius 2 is 1.54 bits per heavy atom. The number of aliphatic hydroxyl groups excluding tert-OH is 2. The van der Waals surface area contributed by atoms with Crippen molar-refractivity contribution >= 4 is 5.78 Å². The van der Waals surface area contributed by atoms with Crippen LogP contribution in [-0.4, -0.2) is 28.2 Å². The van der Waals surface area contributed by atoms with E-state index in [0.29, 0.717) is 23.5 Å². The summed E-state index contributed by atoms with van der Waals surface area (Å²) in [4.78, 5) is 12.2. The molecule has 2 N–H and O–H groups in total. The molecule has 0 aromatic carbocycles. The summed E-state index contributed by atoms with van der Waals surface area (Å²) in [5.41, 5.74) is 0.335. The lowest BCUT2D eigenvalue weighted by molar-refractivity contribution is -0.171. The standard InChI is InChI=1S/C21H34O3/c1-12(22)15-4-5-16-14-11-19(24)18-10-13(23)6-8-21(18,3)17(14)7-9-20(15,16)2/h13-19,23-24H,4-11H2,1-3H3/t13-,14-,15+,16-,17-,18+,19+,20+,21+/m0/s1. The molecular formula is C21H34O3. The summed E-state index contributed by atoms with van der Waals surface area (Å²) in [5.74, 6) is 2.71. The molecule has 4 rings (SSSR count). The summed E-state index contributed by atoms with van der Waals surface area (Å²) in [7, 11) is 0. The largest absolute Gasteiger partial charge is 0.393 e. The van der Waals surface area contributed by atoms with Crippen molar-refractivity contribution in [2.45, 2.75) is 84.3 Å². The van der Waals surface area contributed by atoms with Crippen LogP contribution in [-0.2, 0) is 4.79 Å². The van der Waals surface area contributed by atoms with Crippen LogP contribution in [0.4, 0.5) is 0 Å². The van der Waals surface area contributed by atoms with Gasteiger partial charge in [-0.15, -0.1) is 0 Å². The van der Waals surface area contributed by atoms with E-state index >= 15 is 0 Å². The molecule has 0 amide bonds. The summed E-state index contributed by atoms with van der Waals surface area (Å²) >= 11 is 0. The average Bonchev–Trinajstić information content (AvgIpc) is 2.87. The van der Waals surface area contributed by atoms with Crippen LogP contribution in [0.5, 0.6) is 0 Å². The van der Waals surface area contributed by atoms with E-state index in [1.54, 1.807) is 6.92 Å². The van der Waals surface area contributed by atoms with E-state index in [-0.39, 0.29) is 34.9 Å². The number of carbonyl (C=O) groups is 1. The summed E-state index contributed by atoms with van der Waals surface area (Å²) < 4.78 is 0. The molecule has 4 aliphatic carbocycles. The lowest BCUT2D eigenvalue weighted by Gasteiger charge is -2.62. The van der Waals surface area contributed by atoms with E-state index in [0.717, 1.165) is 38.5 Å². The van der Waals surface area contributed by atoms with E-state index in [2.05, 4.69) is 13.8 Å². The highest BCUT2D eigenvalue weighted by molar-refractivity contribution is 5.79. The highest BCUT2D eigenvalue weighted by atomic mass is 16.3. The molecule has 3 heteroatoms. The molecule has 0 heterocycles. The molecule has 0 saturated heterocycles. The quantitative estimate of drug-likeness (QED) is 0.771. The fraction of sp³-hybridized carbons (Fsp3) is 0.952. The first-order valence-corrected chi connectivity index (χ1v) is 10.1. The first-order valence-electron chi connectivity index (χ1n) is 10.1. The predicted molar refractivity (Wildman–Crippen MR) is 93.3 cm³/mol. The molecule has 0 spiro atoms. The van der Waals surface area contributed by atoms with Gasteiger partial charge in [-0.25, -0.2) is 0 Å². The van der Waals surface area contributed by atoms with Crippen LogP contribution in [0.25, 0.3) is 0 Å². The van der Waals surface area contributed by atoms with Crippen molar-refractivity contribution < 1.29 is 15.0 Å². The van der Waals surface area contributed by atoms with Crippen LogP contribution in [0.15, 0.2) is 0 Å². The van der Waals surface area contributed by atoms with E-state index in [1.165, 1.54) is 12.8 Å². The molecule has 3 nitrogen and oxygen atoms in total. The number of rotatable bonds is 1. The van der Waals surface area contributed by atoms with Crippen LogP contribution in [0.3, 0.4) is 0 Å². The second-order valence-corrected chi connectivity index (χ2v) is 10.0. The molecule has 0 aromatic heterocycles. The summed E-state index contributed by atoms with van der Waals surface area (Å²) in [6.45, 7) is 6.53. The molecule has 4 saturated carbocycles. The Kier molecular flexibility index (Phi) is 3.93. The lowest BCUT2D eigenvalue weighted by atomic mass is 9.44. The van der Waals surface area contributed by atoms with E-state index in [9.17, 15) is 15.0 Å². The van der Waals surface area contributed by atoms with Gasteiger partial charge in [0, 0.05) is 5.92 Å². The number of hydrogen-bond donors (Lipinski definition) is 2. The minimum Gasteiger partial charge on any atom is -0.393 e. The zero-order valence-electron chi connectivity index (χ0n) is 15.5. The van der Waals surface area contributed by atoms with Crippen molar-refractivity contribution in [2.75, 3.05) is 0 Å². The lowest BCUT2D eigenvalue weighted by Crippen LogP contribution is -2.58. The highest BCUT2D eigenvalue weighted by Gasteiger charge is 2.62. The summed E-state index contributed by atoms with van der Waals surface area (Å²) in [5, 5.41) is 21.0. The molecule has 4 fully saturated rings. The zero-order valence-corrected chi connectivity index (χ0v) is 15.5. The smallest absolute Gasteiger partial charge is 0.133 e. The highest BCUT2D eigenvalue weighted by Crippen LogP contribution is 2.67. The maximum absolute atomic E-state index is 12.2. The van der Waals surface area contributed by atoms with Crippen molar-refractivity contribution in [1.29, 1.82) is 0 Å². The number of ketones is 1. The van der Waals surface area contributed by atoms with Crippen LogP contribution in [0, 0.1) is 40.4 Å². The molecule has 0 aromatic rings. The fourth-order valence-corrected chi connectivity index (χ4v) is 7.95. The molecule has 0 bridgehead atoms. The molecule has 0 aliphatic heterocycles. The predicted octanol–water partition coefficient (Wildman–Crippen LogP) is 3.57. The second kappa shape index (κ2) is 5.54. The van der Waals surface area contributed by atoms with Gasteiger partial charge in [-0.1, -0.05) is 13.8 Å². The number of fused-ring (bicyclic) bond motifs is 5. The first kappa shape index (κ1) is 17.0. The Morgan fingerprint density at radius 1 is 0.875 bits per heavy atom. The third-order valence-corrected chi connectivity index (χ3v) is 9.14. The van der Waals surface area contributed by atoms with Gasteiger partial charge in [0.05, 0.1) is 12.2 Å². The number of hydrogen-bond acceptors (Lipinski definition) is 3. The van der Waals surface area contributed by atoms with Crippen molar-refractivity contribution in [2.24, 2.45) is 40.4 Å². The third kappa shape index (κ3) is 2.19. The van der Waals surface area contributed by atoms with Gasteiger partial charge >= 0.3 is 0 Å². The zero-order chi connectivity index (χ0) is 17.3. The molecule has 136 valence electrons. The van der Waals surface area contributed by atoms with Gasteiger partial charge in [-0.05, 0) is 92.8 Å². The first-order chi connectivity index (χ1) is 11.3. The Bertz CT molecular complexity index is 531.